The Kier molecular flexibility index (Phi) is 2.75. The molecular weight excluding hydrogens is 184 g/mol. The number of terminal acetylenes is 1. The highest BCUT2D eigenvalue weighted by atomic mass is 15.0. The number of nitrogens with zero attached hydrogens (tertiary/aromatic N) is 1. The van der Waals surface area contributed by atoms with Crippen molar-refractivity contribution < 1.29 is 0 Å². The summed E-state index contributed by atoms with van der Waals surface area (Å²) in [6.07, 6.45) is 6.03. The molecule has 0 aliphatic heterocycles. The molecule has 1 aromatic carbocycles. The van der Waals surface area contributed by atoms with Crippen LogP contribution in [0.1, 0.15) is 12.1 Å². The number of nitrogens with two attached hydrogens (primary N) is 1. The number of aromatic nitrogens is 1. The predicted molar refractivity (Wildman–Crippen MR) is 63.3 cm³/mol. The molecule has 0 atom stereocenters. The van der Waals surface area contributed by atoms with E-state index in [0.717, 1.165) is 18.7 Å². The van der Waals surface area contributed by atoms with Gasteiger partial charge < -0.3 is 10.3 Å². The zero-order chi connectivity index (χ0) is 10.7. The van der Waals surface area contributed by atoms with Crippen molar-refractivity contribution >= 4 is 10.9 Å². The van der Waals surface area contributed by atoms with Crippen molar-refractivity contribution in [3.63, 3.8) is 0 Å². The van der Waals surface area contributed by atoms with Crippen LogP contribution in [0.2, 0.25) is 0 Å². The van der Waals surface area contributed by atoms with Gasteiger partial charge in [0, 0.05) is 30.7 Å². The summed E-state index contributed by atoms with van der Waals surface area (Å²) < 4.78 is 2.20. The highest BCUT2D eigenvalue weighted by molar-refractivity contribution is 5.81. The Morgan fingerprint density at radius 1 is 1.33 bits per heavy atom. The van der Waals surface area contributed by atoms with E-state index in [1.54, 1.807) is 0 Å². The van der Waals surface area contributed by atoms with Gasteiger partial charge in [-0.1, -0.05) is 18.2 Å². The highest BCUT2D eigenvalue weighted by Crippen LogP contribution is 2.19. The van der Waals surface area contributed by atoms with Crippen molar-refractivity contribution in [1.29, 1.82) is 0 Å². The molecule has 0 radical (unpaired) electrons. The van der Waals surface area contributed by atoms with Crippen LogP contribution in [-0.2, 0) is 13.1 Å². The lowest BCUT2D eigenvalue weighted by Gasteiger charge is -2.06. The van der Waals surface area contributed by atoms with Gasteiger partial charge >= 0.3 is 0 Å². The predicted octanol–water partition coefficient (Wildman–Crippen LogP) is 2.12. The second-order valence-electron chi connectivity index (χ2n) is 3.50. The Morgan fingerprint density at radius 3 is 2.87 bits per heavy atom. The molecule has 0 spiro atoms. The van der Waals surface area contributed by atoms with Crippen LogP contribution in [0.3, 0.4) is 0 Å². The van der Waals surface area contributed by atoms with Gasteiger partial charge in [0.1, 0.15) is 0 Å². The minimum atomic E-state index is 0.555. The zero-order valence-corrected chi connectivity index (χ0v) is 8.61. The maximum Gasteiger partial charge on any atom is 0.0483 e. The normalized spacial score (nSPS) is 10.4. The third-order valence-electron chi connectivity index (χ3n) is 2.59. The maximum absolute atomic E-state index is 5.71. The molecule has 0 aliphatic rings. The first-order chi connectivity index (χ1) is 7.36. The van der Waals surface area contributed by atoms with Crippen molar-refractivity contribution in [3.8, 4) is 12.3 Å². The molecule has 1 aromatic heterocycles. The summed E-state index contributed by atoms with van der Waals surface area (Å²) in [5.41, 5.74) is 8.07. The molecule has 0 fully saturated rings. The Bertz CT molecular complexity index is 503. The summed E-state index contributed by atoms with van der Waals surface area (Å²) in [7, 11) is 0. The lowest BCUT2D eigenvalue weighted by molar-refractivity contribution is 0.703. The smallest absolute Gasteiger partial charge is 0.0483 e. The molecule has 0 amide bonds. The Morgan fingerprint density at radius 2 is 2.13 bits per heavy atom. The summed E-state index contributed by atoms with van der Waals surface area (Å²) in [4.78, 5) is 0. The summed E-state index contributed by atoms with van der Waals surface area (Å²) in [6.45, 7) is 1.40. The van der Waals surface area contributed by atoms with Gasteiger partial charge in [-0.05, 0) is 17.5 Å². The average Bonchev–Trinajstić information content (AvgIpc) is 2.64. The molecule has 2 rings (SSSR count). The van der Waals surface area contributed by atoms with E-state index in [1.807, 2.05) is 12.1 Å². The van der Waals surface area contributed by atoms with E-state index < -0.39 is 0 Å². The van der Waals surface area contributed by atoms with Crippen LogP contribution >= 0.6 is 0 Å². The summed E-state index contributed by atoms with van der Waals surface area (Å²) in [5.74, 6) is 2.66. The van der Waals surface area contributed by atoms with E-state index in [0.29, 0.717) is 6.54 Å². The van der Waals surface area contributed by atoms with Crippen LogP contribution in [0.25, 0.3) is 10.9 Å². The minimum absolute atomic E-state index is 0.555. The van der Waals surface area contributed by atoms with Gasteiger partial charge in [-0.2, -0.15) is 0 Å². The van der Waals surface area contributed by atoms with E-state index >= 15 is 0 Å². The number of hydrogen-bond acceptors (Lipinski definition) is 1. The van der Waals surface area contributed by atoms with Crippen LogP contribution in [0.15, 0.2) is 30.3 Å². The summed E-state index contributed by atoms with van der Waals surface area (Å²) in [5, 5.41) is 1.23. The van der Waals surface area contributed by atoms with Gasteiger partial charge in [0.25, 0.3) is 0 Å². The van der Waals surface area contributed by atoms with Gasteiger partial charge in [-0.25, -0.2) is 0 Å². The van der Waals surface area contributed by atoms with Crippen molar-refractivity contribution in [2.24, 2.45) is 5.73 Å². The van der Waals surface area contributed by atoms with Crippen LogP contribution < -0.4 is 5.73 Å². The lowest BCUT2D eigenvalue weighted by Crippen LogP contribution is -2.06. The number of aryl methyl sites for hydroxylation is 1. The molecular formula is C13H14N2. The minimum Gasteiger partial charge on any atom is -0.342 e. The van der Waals surface area contributed by atoms with Gasteiger partial charge in [0.15, 0.2) is 0 Å². The first-order valence-corrected chi connectivity index (χ1v) is 5.07. The van der Waals surface area contributed by atoms with Gasteiger partial charge in [-0.3, -0.25) is 0 Å². The van der Waals surface area contributed by atoms with Gasteiger partial charge in [0.05, 0.1) is 0 Å². The van der Waals surface area contributed by atoms with Gasteiger partial charge in [-0.15, -0.1) is 12.3 Å². The molecule has 2 heteroatoms. The van der Waals surface area contributed by atoms with Crippen LogP contribution in [0, 0.1) is 12.3 Å². The van der Waals surface area contributed by atoms with E-state index in [9.17, 15) is 0 Å². The summed E-state index contributed by atoms with van der Waals surface area (Å²) >= 11 is 0. The van der Waals surface area contributed by atoms with E-state index in [-0.39, 0.29) is 0 Å². The third kappa shape index (κ3) is 1.74. The van der Waals surface area contributed by atoms with Gasteiger partial charge in [0.2, 0.25) is 0 Å². The van der Waals surface area contributed by atoms with E-state index in [4.69, 9.17) is 12.2 Å². The van der Waals surface area contributed by atoms with Crippen molar-refractivity contribution in [3.05, 3.63) is 36.0 Å². The first-order valence-electron chi connectivity index (χ1n) is 5.07. The fraction of sp³-hybridized carbons (Fsp3) is 0.231. The maximum atomic E-state index is 5.71. The quantitative estimate of drug-likeness (QED) is 0.752. The topological polar surface area (TPSA) is 30.9 Å². The fourth-order valence-corrected chi connectivity index (χ4v) is 1.88. The molecule has 2 aromatic rings. The molecule has 0 saturated heterocycles. The highest BCUT2D eigenvalue weighted by Gasteiger charge is 2.05. The second-order valence-corrected chi connectivity index (χ2v) is 3.50. The van der Waals surface area contributed by atoms with Crippen molar-refractivity contribution in [1.82, 2.24) is 4.57 Å². The van der Waals surface area contributed by atoms with Crippen molar-refractivity contribution in [2.75, 3.05) is 0 Å². The van der Waals surface area contributed by atoms with Crippen LogP contribution in [-0.4, -0.2) is 4.57 Å². The number of fused-ring (bicyclic) bond motifs is 1. The molecule has 0 unspecified atom stereocenters. The lowest BCUT2D eigenvalue weighted by atomic mass is 10.2. The number of para-hydroxylation sites is 1. The molecule has 2 nitrogen and oxygen atoms in total. The molecule has 2 N–H and O–H groups in total. The molecule has 0 saturated carbocycles. The standard InChI is InChI=1S/C13H14N2/c1-2-3-8-15-12(10-14)9-11-6-4-5-7-13(11)15/h1,4-7,9H,3,8,10,14H2. The first kappa shape index (κ1) is 9.82. The monoisotopic (exact) mass is 198 g/mol. The molecule has 15 heavy (non-hydrogen) atoms. The Balaban J connectivity index is 2.52. The average molecular weight is 198 g/mol. The SMILES string of the molecule is C#CCCn1c(CN)cc2ccccc21. The zero-order valence-electron chi connectivity index (χ0n) is 8.61. The molecule has 76 valence electrons. The summed E-state index contributed by atoms with van der Waals surface area (Å²) in [6, 6.07) is 10.4. The fourth-order valence-electron chi connectivity index (χ4n) is 1.88. The van der Waals surface area contributed by atoms with Crippen molar-refractivity contribution in [2.45, 2.75) is 19.5 Å². The van der Waals surface area contributed by atoms with Crippen LogP contribution in [0.4, 0.5) is 0 Å². The number of hydrogen-bond donors (Lipinski definition) is 1. The van der Waals surface area contributed by atoms with E-state index in [2.05, 4.69) is 28.7 Å². The third-order valence-corrected chi connectivity index (χ3v) is 2.59. The Labute approximate surface area is 89.7 Å². The number of rotatable bonds is 3. The second kappa shape index (κ2) is 4.20. The molecule has 0 aliphatic carbocycles. The molecule has 0 bridgehead atoms. The largest absolute Gasteiger partial charge is 0.342 e. The Hall–Kier alpha value is -1.72. The number of benzene rings is 1. The molecule has 1 heterocycles. The van der Waals surface area contributed by atoms with E-state index in [1.165, 1.54) is 10.9 Å². The van der Waals surface area contributed by atoms with Crippen LogP contribution in [0.5, 0.6) is 0 Å².